The third-order valence-electron chi connectivity index (χ3n) is 4.22. The van der Waals surface area contributed by atoms with Crippen molar-refractivity contribution in [2.75, 3.05) is 38.9 Å². The van der Waals surface area contributed by atoms with Crippen LogP contribution >= 0.6 is 12.4 Å². The first-order valence-electron chi connectivity index (χ1n) is 9.68. The van der Waals surface area contributed by atoms with Gasteiger partial charge in [-0.1, -0.05) is 13.8 Å². The summed E-state index contributed by atoms with van der Waals surface area (Å²) in [6.45, 7) is 6.14. The monoisotopic (exact) mass is 442 g/mol. The Morgan fingerprint density at radius 1 is 1.13 bits per heavy atom. The molecule has 0 radical (unpaired) electrons. The Labute approximate surface area is 182 Å². The van der Waals surface area contributed by atoms with Crippen LogP contribution in [0.5, 0.6) is 0 Å². The van der Waals surface area contributed by atoms with Crippen molar-refractivity contribution in [1.29, 1.82) is 0 Å². The molecule has 0 aliphatic carbocycles. The minimum atomic E-state index is -0.594. The van der Waals surface area contributed by atoms with Crippen LogP contribution in [0.15, 0.2) is 33.5 Å². The molecule has 8 nitrogen and oxygen atoms in total. The topological polar surface area (TPSA) is 113 Å². The molecule has 0 aliphatic heterocycles. The van der Waals surface area contributed by atoms with E-state index < -0.39 is 11.7 Å². The molecule has 3 N–H and O–H groups in total. The average Bonchev–Trinajstić information content (AvgIpc) is 2.66. The standard InChI is InChI=1S/C21H30N2O6.ClH/c1-14(2)10-18(22)21(25)23-16-4-5-17-15(11-20(24)29-19(17)12-16)13-28-9-8-27-7-6-26-3;/h4-5,11-12,14,18H,6-10,13,22H2,1-3H3,(H,23,25);1H. The van der Waals surface area contributed by atoms with Crippen molar-refractivity contribution < 1.29 is 23.4 Å². The van der Waals surface area contributed by atoms with Gasteiger partial charge < -0.3 is 29.7 Å². The number of halogens is 1. The molecule has 30 heavy (non-hydrogen) atoms. The number of benzene rings is 1. The summed E-state index contributed by atoms with van der Waals surface area (Å²) in [6, 6.07) is 5.97. The number of carbonyl (C=O) groups excluding carboxylic acids is 1. The fourth-order valence-electron chi connectivity index (χ4n) is 2.82. The molecule has 0 saturated carbocycles. The first kappa shape index (κ1) is 26.1. The second kappa shape index (κ2) is 13.4. The highest BCUT2D eigenvalue weighted by atomic mass is 35.5. The molecule has 0 fully saturated rings. The third-order valence-corrected chi connectivity index (χ3v) is 4.22. The van der Waals surface area contributed by atoms with Gasteiger partial charge in [-0.2, -0.15) is 0 Å². The number of rotatable bonds is 12. The molecule has 0 bridgehead atoms. The fraction of sp³-hybridized carbons (Fsp3) is 0.524. The van der Waals surface area contributed by atoms with Crippen LogP contribution in [0.2, 0.25) is 0 Å². The van der Waals surface area contributed by atoms with E-state index in [1.165, 1.54) is 6.07 Å². The first-order valence-corrected chi connectivity index (χ1v) is 9.68. The maximum atomic E-state index is 12.2. The van der Waals surface area contributed by atoms with Gasteiger partial charge in [-0.15, -0.1) is 12.4 Å². The lowest BCUT2D eigenvalue weighted by atomic mass is 10.0. The lowest BCUT2D eigenvalue weighted by Crippen LogP contribution is -2.36. The second-order valence-corrected chi connectivity index (χ2v) is 7.18. The molecule has 0 aliphatic rings. The van der Waals surface area contributed by atoms with Gasteiger partial charge in [0.25, 0.3) is 0 Å². The smallest absolute Gasteiger partial charge is 0.336 e. The van der Waals surface area contributed by atoms with Gasteiger partial charge in [0, 0.05) is 30.3 Å². The SMILES string of the molecule is COCCOCCOCc1cc(=O)oc2cc(NC(=O)C(N)CC(C)C)ccc12.Cl. The predicted octanol–water partition coefficient (Wildman–Crippen LogP) is 2.71. The van der Waals surface area contributed by atoms with Gasteiger partial charge in [0.05, 0.1) is 39.1 Å². The summed E-state index contributed by atoms with van der Waals surface area (Å²) in [5.41, 5.74) is 7.05. The minimum Gasteiger partial charge on any atom is -0.423 e. The molecule has 1 aromatic carbocycles. The highest BCUT2D eigenvalue weighted by Crippen LogP contribution is 2.22. The molecular weight excluding hydrogens is 412 g/mol. The lowest BCUT2D eigenvalue weighted by molar-refractivity contribution is -0.117. The van der Waals surface area contributed by atoms with E-state index in [-0.39, 0.29) is 24.9 Å². The largest absolute Gasteiger partial charge is 0.423 e. The van der Waals surface area contributed by atoms with E-state index in [0.29, 0.717) is 55.6 Å². The molecule has 0 saturated heterocycles. The van der Waals surface area contributed by atoms with Gasteiger partial charge in [0.2, 0.25) is 5.91 Å². The molecule has 1 aromatic heterocycles. The number of nitrogens with two attached hydrogens (primary N) is 1. The number of ether oxygens (including phenoxy) is 3. The van der Waals surface area contributed by atoms with E-state index in [0.717, 1.165) is 5.39 Å². The van der Waals surface area contributed by atoms with Crippen LogP contribution in [0, 0.1) is 5.92 Å². The van der Waals surface area contributed by atoms with Crippen LogP contribution in [0.3, 0.4) is 0 Å². The van der Waals surface area contributed by atoms with Crippen molar-refractivity contribution in [3.63, 3.8) is 0 Å². The highest BCUT2D eigenvalue weighted by molar-refractivity contribution is 5.96. The van der Waals surface area contributed by atoms with Gasteiger partial charge in [-0.25, -0.2) is 4.79 Å². The molecule has 168 valence electrons. The van der Waals surface area contributed by atoms with E-state index in [4.69, 9.17) is 24.4 Å². The zero-order valence-corrected chi connectivity index (χ0v) is 18.5. The summed E-state index contributed by atoms with van der Waals surface area (Å²) in [6.07, 6.45) is 0.588. The van der Waals surface area contributed by atoms with Crippen LogP contribution in [0.4, 0.5) is 5.69 Å². The Bertz CT molecular complexity index is 855. The average molecular weight is 443 g/mol. The number of hydrogen-bond acceptors (Lipinski definition) is 7. The van der Waals surface area contributed by atoms with Crippen molar-refractivity contribution in [3.05, 3.63) is 40.2 Å². The molecule has 1 amide bonds. The highest BCUT2D eigenvalue weighted by Gasteiger charge is 2.16. The van der Waals surface area contributed by atoms with Gasteiger partial charge in [0.1, 0.15) is 5.58 Å². The van der Waals surface area contributed by atoms with Gasteiger partial charge in [-0.3, -0.25) is 4.79 Å². The number of nitrogens with one attached hydrogen (secondary N) is 1. The first-order chi connectivity index (χ1) is 13.9. The van der Waals surface area contributed by atoms with Gasteiger partial charge in [0.15, 0.2) is 0 Å². The number of fused-ring (bicyclic) bond motifs is 1. The summed E-state index contributed by atoms with van der Waals surface area (Å²) in [7, 11) is 1.61. The number of carbonyl (C=O) groups is 1. The summed E-state index contributed by atoms with van der Waals surface area (Å²) in [4.78, 5) is 24.1. The van der Waals surface area contributed by atoms with Crippen molar-refractivity contribution in [1.82, 2.24) is 0 Å². The second-order valence-electron chi connectivity index (χ2n) is 7.18. The molecule has 0 spiro atoms. The van der Waals surface area contributed by atoms with Crippen LogP contribution in [-0.4, -0.2) is 45.5 Å². The molecule has 2 aromatic rings. The Balaban J connectivity index is 0.00000450. The van der Waals surface area contributed by atoms with E-state index in [9.17, 15) is 9.59 Å². The molecule has 1 unspecified atom stereocenters. The summed E-state index contributed by atoms with van der Waals surface area (Å²) < 4.78 is 21.1. The predicted molar refractivity (Wildman–Crippen MR) is 118 cm³/mol. The number of amides is 1. The molecule has 2 rings (SSSR count). The molecule has 1 heterocycles. The van der Waals surface area contributed by atoms with Crippen LogP contribution in [0.25, 0.3) is 11.0 Å². The van der Waals surface area contributed by atoms with Crippen molar-refractivity contribution in [2.45, 2.75) is 32.9 Å². The Kier molecular flexibility index (Phi) is 11.6. The normalized spacial score (nSPS) is 12.0. The van der Waals surface area contributed by atoms with Gasteiger partial charge in [-0.05, 0) is 30.0 Å². The summed E-state index contributed by atoms with van der Waals surface area (Å²) in [5.74, 6) is 0.0478. The fourth-order valence-corrected chi connectivity index (χ4v) is 2.82. The van der Waals surface area contributed by atoms with E-state index >= 15 is 0 Å². The zero-order valence-electron chi connectivity index (χ0n) is 17.6. The molecular formula is C21H31ClN2O6. The quantitative estimate of drug-likeness (QED) is 0.383. The van der Waals surface area contributed by atoms with E-state index in [1.54, 1.807) is 25.3 Å². The zero-order chi connectivity index (χ0) is 21.2. The lowest BCUT2D eigenvalue weighted by Gasteiger charge is -2.14. The Morgan fingerprint density at radius 3 is 2.53 bits per heavy atom. The number of hydrogen-bond donors (Lipinski definition) is 2. The van der Waals surface area contributed by atoms with Crippen LogP contribution in [0.1, 0.15) is 25.8 Å². The third kappa shape index (κ3) is 8.41. The van der Waals surface area contributed by atoms with E-state index in [1.807, 2.05) is 13.8 Å². The summed E-state index contributed by atoms with van der Waals surface area (Å²) in [5, 5.41) is 3.52. The van der Waals surface area contributed by atoms with Crippen molar-refractivity contribution >= 4 is 35.0 Å². The Morgan fingerprint density at radius 2 is 1.83 bits per heavy atom. The summed E-state index contributed by atoms with van der Waals surface area (Å²) >= 11 is 0. The maximum Gasteiger partial charge on any atom is 0.336 e. The van der Waals surface area contributed by atoms with Crippen molar-refractivity contribution in [3.8, 4) is 0 Å². The maximum absolute atomic E-state index is 12.2. The number of anilines is 1. The Hall–Kier alpha value is -1.97. The molecule has 1 atom stereocenters. The van der Waals surface area contributed by atoms with E-state index in [2.05, 4.69) is 5.32 Å². The van der Waals surface area contributed by atoms with Crippen LogP contribution in [-0.2, 0) is 25.6 Å². The van der Waals surface area contributed by atoms with Gasteiger partial charge >= 0.3 is 5.63 Å². The van der Waals surface area contributed by atoms with Crippen molar-refractivity contribution in [2.24, 2.45) is 11.7 Å². The molecule has 9 heteroatoms. The minimum absolute atomic E-state index is 0. The number of methoxy groups -OCH3 is 1. The van der Waals surface area contributed by atoms with Crippen LogP contribution < -0.4 is 16.7 Å².